The summed E-state index contributed by atoms with van der Waals surface area (Å²) in [4.78, 5) is 12.3. The number of rotatable bonds is 4. The number of fused-ring (bicyclic) bond motifs is 1. The van der Waals surface area contributed by atoms with Gasteiger partial charge in [-0.15, -0.1) is 0 Å². The monoisotopic (exact) mass is 366 g/mol. The molecular formula is C20H19ClN4O. The Kier molecular flexibility index (Phi) is 4.63. The Morgan fingerprint density at radius 1 is 1.19 bits per heavy atom. The number of amides is 2. The molecule has 132 valence electrons. The summed E-state index contributed by atoms with van der Waals surface area (Å²) < 4.78 is 1.80. The van der Waals surface area contributed by atoms with Gasteiger partial charge in [-0.3, -0.25) is 0 Å². The van der Waals surface area contributed by atoms with Crippen molar-refractivity contribution < 1.29 is 4.79 Å². The van der Waals surface area contributed by atoms with Crippen molar-refractivity contribution in [2.24, 2.45) is 0 Å². The summed E-state index contributed by atoms with van der Waals surface area (Å²) in [5.41, 5.74) is 4.19. The first-order valence-electron chi connectivity index (χ1n) is 8.61. The highest BCUT2D eigenvalue weighted by Gasteiger charge is 2.25. The highest BCUT2D eigenvalue weighted by molar-refractivity contribution is 6.31. The predicted octanol–water partition coefficient (Wildman–Crippen LogP) is 4.01. The van der Waals surface area contributed by atoms with Crippen LogP contribution in [0.2, 0.25) is 5.02 Å². The Hall–Kier alpha value is -2.79. The Bertz CT molecular complexity index is 923. The molecule has 0 aliphatic heterocycles. The van der Waals surface area contributed by atoms with Gasteiger partial charge < -0.3 is 10.6 Å². The SMILES string of the molecule is O=C(NCc1cnn(-c2ccccc2)c1)N[C@@H]1CCc2c(Cl)cccc21. The number of urea groups is 1. The Morgan fingerprint density at radius 3 is 2.88 bits per heavy atom. The van der Waals surface area contributed by atoms with Crippen molar-refractivity contribution in [2.45, 2.75) is 25.4 Å². The highest BCUT2D eigenvalue weighted by atomic mass is 35.5. The maximum Gasteiger partial charge on any atom is 0.315 e. The van der Waals surface area contributed by atoms with Crippen LogP contribution < -0.4 is 10.6 Å². The normalized spacial score (nSPS) is 15.5. The first kappa shape index (κ1) is 16.7. The fourth-order valence-corrected chi connectivity index (χ4v) is 3.60. The minimum atomic E-state index is -0.185. The fourth-order valence-electron chi connectivity index (χ4n) is 3.32. The molecule has 6 heteroatoms. The third-order valence-corrected chi connectivity index (χ3v) is 4.98. The Balaban J connectivity index is 1.34. The van der Waals surface area contributed by atoms with Gasteiger partial charge in [-0.25, -0.2) is 9.48 Å². The number of para-hydroxylation sites is 1. The summed E-state index contributed by atoms with van der Waals surface area (Å²) in [5.74, 6) is 0. The molecule has 0 radical (unpaired) electrons. The van der Waals surface area contributed by atoms with E-state index in [-0.39, 0.29) is 12.1 Å². The van der Waals surface area contributed by atoms with Crippen molar-refractivity contribution in [1.82, 2.24) is 20.4 Å². The molecule has 0 saturated heterocycles. The number of nitrogens with one attached hydrogen (secondary N) is 2. The Labute approximate surface area is 157 Å². The van der Waals surface area contributed by atoms with Crippen LogP contribution >= 0.6 is 11.6 Å². The van der Waals surface area contributed by atoms with E-state index in [1.54, 1.807) is 10.9 Å². The van der Waals surface area contributed by atoms with E-state index in [1.807, 2.05) is 54.7 Å². The molecule has 1 heterocycles. The third-order valence-electron chi connectivity index (χ3n) is 4.63. The van der Waals surface area contributed by atoms with E-state index in [2.05, 4.69) is 15.7 Å². The molecule has 1 aliphatic carbocycles. The number of carbonyl (C=O) groups excluding carboxylic acids is 1. The molecule has 1 atom stereocenters. The molecule has 5 nitrogen and oxygen atoms in total. The quantitative estimate of drug-likeness (QED) is 0.732. The van der Waals surface area contributed by atoms with Crippen LogP contribution in [0.4, 0.5) is 4.79 Å². The molecule has 0 spiro atoms. The molecule has 1 aromatic heterocycles. The zero-order chi connectivity index (χ0) is 17.9. The van der Waals surface area contributed by atoms with Gasteiger partial charge in [0, 0.05) is 23.3 Å². The second-order valence-corrected chi connectivity index (χ2v) is 6.76. The van der Waals surface area contributed by atoms with Gasteiger partial charge >= 0.3 is 6.03 Å². The summed E-state index contributed by atoms with van der Waals surface area (Å²) in [6.45, 7) is 0.424. The number of halogens is 1. The van der Waals surface area contributed by atoms with E-state index in [0.29, 0.717) is 6.54 Å². The molecule has 2 aromatic carbocycles. The Morgan fingerprint density at radius 2 is 2.04 bits per heavy atom. The van der Waals surface area contributed by atoms with E-state index in [1.165, 1.54) is 0 Å². The molecular weight excluding hydrogens is 348 g/mol. The standard InChI is InChI=1S/C20H19ClN4O/c21-18-8-4-7-17-16(18)9-10-19(17)24-20(26)22-11-14-12-23-25(13-14)15-5-2-1-3-6-15/h1-8,12-13,19H,9-11H2,(H2,22,24,26)/t19-/m1/s1. The summed E-state index contributed by atoms with van der Waals surface area (Å²) in [6, 6.07) is 15.6. The molecule has 4 rings (SSSR count). The van der Waals surface area contributed by atoms with Crippen molar-refractivity contribution >= 4 is 17.6 Å². The summed E-state index contributed by atoms with van der Waals surface area (Å²) in [6.07, 6.45) is 5.44. The van der Waals surface area contributed by atoms with Crippen LogP contribution in [0.3, 0.4) is 0 Å². The van der Waals surface area contributed by atoms with Crippen molar-refractivity contribution in [3.63, 3.8) is 0 Å². The van der Waals surface area contributed by atoms with Gasteiger partial charge in [0.15, 0.2) is 0 Å². The van der Waals surface area contributed by atoms with Gasteiger partial charge in [-0.05, 0) is 42.2 Å². The number of nitrogens with zero attached hydrogens (tertiary/aromatic N) is 2. The zero-order valence-corrected chi connectivity index (χ0v) is 14.9. The largest absolute Gasteiger partial charge is 0.334 e. The second-order valence-electron chi connectivity index (χ2n) is 6.35. The smallest absolute Gasteiger partial charge is 0.315 e. The van der Waals surface area contributed by atoms with Gasteiger partial charge in [0.25, 0.3) is 0 Å². The maximum atomic E-state index is 12.3. The third kappa shape index (κ3) is 3.44. The highest BCUT2D eigenvalue weighted by Crippen LogP contribution is 2.35. The zero-order valence-electron chi connectivity index (χ0n) is 14.2. The predicted molar refractivity (Wildman–Crippen MR) is 101 cm³/mol. The van der Waals surface area contributed by atoms with Crippen LogP contribution in [0.5, 0.6) is 0 Å². The first-order chi connectivity index (χ1) is 12.7. The first-order valence-corrected chi connectivity index (χ1v) is 8.99. The topological polar surface area (TPSA) is 59.0 Å². The van der Waals surface area contributed by atoms with Crippen LogP contribution in [0, 0.1) is 0 Å². The maximum absolute atomic E-state index is 12.3. The lowest BCUT2D eigenvalue weighted by Gasteiger charge is -2.14. The molecule has 2 amide bonds. The summed E-state index contributed by atoms with van der Waals surface area (Å²) in [5, 5.41) is 11.1. The fraction of sp³-hybridized carbons (Fsp3) is 0.200. The van der Waals surface area contributed by atoms with E-state index in [4.69, 9.17) is 11.6 Å². The van der Waals surface area contributed by atoms with Crippen molar-refractivity contribution in [1.29, 1.82) is 0 Å². The molecule has 1 aliphatic rings. The van der Waals surface area contributed by atoms with Gasteiger partial charge in [-0.1, -0.05) is 41.9 Å². The van der Waals surface area contributed by atoms with Crippen LogP contribution in [0.25, 0.3) is 5.69 Å². The van der Waals surface area contributed by atoms with Crippen LogP contribution in [-0.2, 0) is 13.0 Å². The molecule has 0 saturated carbocycles. The molecule has 26 heavy (non-hydrogen) atoms. The van der Waals surface area contributed by atoms with Gasteiger partial charge in [0.2, 0.25) is 0 Å². The van der Waals surface area contributed by atoms with E-state index >= 15 is 0 Å². The molecule has 0 bridgehead atoms. The van der Waals surface area contributed by atoms with E-state index in [9.17, 15) is 4.79 Å². The molecule has 2 N–H and O–H groups in total. The summed E-state index contributed by atoms with van der Waals surface area (Å²) in [7, 11) is 0. The second kappa shape index (κ2) is 7.22. The lowest BCUT2D eigenvalue weighted by Crippen LogP contribution is -2.36. The number of hydrogen-bond donors (Lipinski definition) is 2. The van der Waals surface area contributed by atoms with Crippen LogP contribution in [-0.4, -0.2) is 15.8 Å². The number of carbonyl (C=O) groups is 1. The lowest BCUT2D eigenvalue weighted by atomic mass is 10.1. The lowest BCUT2D eigenvalue weighted by molar-refractivity contribution is 0.236. The van der Waals surface area contributed by atoms with Crippen LogP contribution in [0.15, 0.2) is 60.9 Å². The van der Waals surface area contributed by atoms with Gasteiger partial charge in [-0.2, -0.15) is 5.10 Å². The molecule has 0 fully saturated rings. The van der Waals surface area contributed by atoms with Crippen LogP contribution in [0.1, 0.15) is 29.2 Å². The number of aromatic nitrogens is 2. The minimum Gasteiger partial charge on any atom is -0.334 e. The van der Waals surface area contributed by atoms with Gasteiger partial charge in [0.1, 0.15) is 0 Å². The number of benzene rings is 2. The van der Waals surface area contributed by atoms with E-state index in [0.717, 1.165) is 40.2 Å². The average Bonchev–Trinajstić information content (AvgIpc) is 3.29. The molecule has 0 unspecified atom stereocenters. The van der Waals surface area contributed by atoms with Crippen molar-refractivity contribution in [3.8, 4) is 5.69 Å². The minimum absolute atomic E-state index is 0.00995. The molecule has 3 aromatic rings. The average molecular weight is 367 g/mol. The van der Waals surface area contributed by atoms with Crippen molar-refractivity contribution in [3.05, 3.63) is 82.6 Å². The van der Waals surface area contributed by atoms with Crippen molar-refractivity contribution in [2.75, 3.05) is 0 Å². The van der Waals surface area contributed by atoms with E-state index < -0.39 is 0 Å². The summed E-state index contributed by atoms with van der Waals surface area (Å²) >= 11 is 6.23. The van der Waals surface area contributed by atoms with Gasteiger partial charge in [0.05, 0.1) is 17.9 Å². The number of hydrogen-bond acceptors (Lipinski definition) is 2.